The maximum absolute atomic E-state index is 11.1. The van der Waals surface area contributed by atoms with E-state index in [9.17, 15) is 9.59 Å². The van der Waals surface area contributed by atoms with Crippen LogP contribution in [0.25, 0.3) is 0 Å². The van der Waals surface area contributed by atoms with Crippen molar-refractivity contribution in [3.05, 3.63) is 35.9 Å². The van der Waals surface area contributed by atoms with Gasteiger partial charge in [-0.25, -0.2) is 9.59 Å². The summed E-state index contributed by atoms with van der Waals surface area (Å²) in [5, 5.41) is 18.6. The van der Waals surface area contributed by atoms with Crippen molar-refractivity contribution in [3.63, 3.8) is 0 Å². The molecule has 6 nitrogen and oxygen atoms in total. The molecule has 1 aromatic carbocycles. The number of aliphatic carboxylic acids is 1. The number of hydrogen-bond acceptors (Lipinski definition) is 3. The summed E-state index contributed by atoms with van der Waals surface area (Å²) in [6.07, 6.45) is -1.42. The molecule has 1 amide bonds. The first-order valence-corrected chi connectivity index (χ1v) is 5.85. The fourth-order valence-electron chi connectivity index (χ4n) is 1.63. The smallest absolute Gasteiger partial charge is 0.432 e. The van der Waals surface area contributed by atoms with Gasteiger partial charge in [0.25, 0.3) is 0 Å². The van der Waals surface area contributed by atoms with Gasteiger partial charge in [0.2, 0.25) is 0 Å². The van der Waals surface area contributed by atoms with Gasteiger partial charge in [-0.05, 0) is 11.5 Å². The molecule has 2 N–H and O–H groups in total. The Kier molecular flexibility index (Phi) is 5.32. The molecule has 0 saturated carbocycles. The highest BCUT2D eigenvalue weighted by atomic mass is 16.7. The van der Waals surface area contributed by atoms with Crippen LogP contribution >= 0.6 is 0 Å². The summed E-state index contributed by atoms with van der Waals surface area (Å²) in [5.41, 5.74) is 0.765. The van der Waals surface area contributed by atoms with E-state index in [-0.39, 0.29) is 6.61 Å². The summed E-state index contributed by atoms with van der Waals surface area (Å²) in [7, 11) is 0. The molecule has 0 saturated heterocycles. The average molecular weight is 267 g/mol. The number of carboxylic acid groups (broad SMARTS) is 2. The van der Waals surface area contributed by atoms with Crippen LogP contribution in [0.4, 0.5) is 4.79 Å². The monoisotopic (exact) mass is 267 g/mol. The van der Waals surface area contributed by atoms with E-state index >= 15 is 0 Å². The lowest BCUT2D eigenvalue weighted by Gasteiger charge is -2.27. The third-order valence-corrected chi connectivity index (χ3v) is 2.54. The zero-order valence-corrected chi connectivity index (χ0v) is 10.8. The van der Waals surface area contributed by atoms with E-state index in [0.717, 1.165) is 5.56 Å². The Labute approximate surface area is 111 Å². The van der Waals surface area contributed by atoms with Gasteiger partial charge < -0.3 is 10.2 Å². The summed E-state index contributed by atoms with van der Waals surface area (Å²) in [6, 6.07) is 7.71. The molecule has 1 aromatic rings. The molecule has 0 unspecified atom stereocenters. The molecule has 1 rings (SSSR count). The van der Waals surface area contributed by atoms with Crippen LogP contribution in [0.2, 0.25) is 0 Å². The maximum Gasteiger partial charge on any atom is 0.432 e. The highest BCUT2D eigenvalue weighted by Gasteiger charge is 2.33. The predicted molar refractivity (Wildman–Crippen MR) is 67.4 cm³/mol. The Morgan fingerprint density at radius 2 is 1.79 bits per heavy atom. The van der Waals surface area contributed by atoms with Crippen molar-refractivity contribution in [3.8, 4) is 0 Å². The first-order valence-electron chi connectivity index (χ1n) is 5.85. The van der Waals surface area contributed by atoms with Crippen molar-refractivity contribution in [1.82, 2.24) is 5.06 Å². The lowest BCUT2D eigenvalue weighted by molar-refractivity contribution is -0.191. The second kappa shape index (κ2) is 6.75. The molecule has 0 aliphatic carbocycles. The second-order valence-electron chi connectivity index (χ2n) is 4.39. The number of rotatable bonds is 6. The third kappa shape index (κ3) is 4.26. The molecule has 0 radical (unpaired) electrons. The number of carbonyl (C=O) groups is 2. The SMILES string of the molecule is CC(C)[C@@H](C(=O)O)N(OCc1ccccc1)C(=O)O. The van der Waals surface area contributed by atoms with Gasteiger partial charge in [0, 0.05) is 0 Å². The van der Waals surface area contributed by atoms with Crippen molar-refractivity contribution >= 4 is 12.1 Å². The minimum Gasteiger partial charge on any atom is -0.480 e. The first-order chi connectivity index (χ1) is 8.93. The molecule has 0 aromatic heterocycles. The van der Waals surface area contributed by atoms with Crippen LogP contribution in [-0.2, 0) is 16.2 Å². The van der Waals surface area contributed by atoms with Crippen molar-refractivity contribution in [2.45, 2.75) is 26.5 Å². The second-order valence-corrected chi connectivity index (χ2v) is 4.39. The lowest BCUT2D eigenvalue weighted by atomic mass is 10.1. The van der Waals surface area contributed by atoms with E-state index in [0.29, 0.717) is 5.06 Å². The number of hydrogen-bond donors (Lipinski definition) is 2. The van der Waals surface area contributed by atoms with E-state index in [1.54, 1.807) is 38.1 Å². The summed E-state index contributed by atoms with van der Waals surface area (Å²) in [4.78, 5) is 27.3. The zero-order chi connectivity index (χ0) is 14.4. The number of carboxylic acids is 1. The van der Waals surface area contributed by atoms with Crippen LogP contribution < -0.4 is 0 Å². The summed E-state index contributed by atoms with van der Waals surface area (Å²) in [5.74, 6) is -1.63. The van der Waals surface area contributed by atoms with Crippen LogP contribution in [0.1, 0.15) is 19.4 Å². The Morgan fingerprint density at radius 1 is 1.21 bits per heavy atom. The fourth-order valence-corrected chi connectivity index (χ4v) is 1.63. The lowest BCUT2D eigenvalue weighted by Crippen LogP contribution is -2.47. The summed E-state index contributed by atoms with van der Waals surface area (Å²) >= 11 is 0. The largest absolute Gasteiger partial charge is 0.480 e. The van der Waals surface area contributed by atoms with Gasteiger partial charge >= 0.3 is 12.1 Å². The highest BCUT2D eigenvalue weighted by Crippen LogP contribution is 2.14. The van der Waals surface area contributed by atoms with Gasteiger partial charge in [-0.2, -0.15) is 5.06 Å². The maximum atomic E-state index is 11.1. The Bertz CT molecular complexity index is 432. The topological polar surface area (TPSA) is 87.1 Å². The van der Waals surface area contributed by atoms with Crippen molar-refractivity contribution < 1.29 is 24.6 Å². The van der Waals surface area contributed by atoms with Gasteiger partial charge in [0.1, 0.15) is 6.61 Å². The third-order valence-electron chi connectivity index (χ3n) is 2.54. The molecule has 0 aliphatic heterocycles. The summed E-state index contributed by atoms with van der Waals surface area (Å²) in [6.45, 7) is 3.25. The van der Waals surface area contributed by atoms with Crippen molar-refractivity contribution in [2.75, 3.05) is 0 Å². The minimum absolute atomic E-state index is 0.00361. The Balaban J connectivity index is 2.78. The highest BCUT2D eigenvalue weighted by molar-refractivity contribution is 5.78. The Morgan fingerprint density at radius 3 is 2.21 bits per heavy atom. The van der Waals surface area contributed by atoms with Crippen LogP contribution in [0, 0.1) is 5.92 Å². The van der Waals surface area contributed by atoms with E-state index in [4.69, 9.17) is 15.1 Å². The zero-order valence-electron chi connectivity index (χ0n) is 10.8. The number of nitrogens with zero attached hydrogens (tertiary/aromatic N) is 1. The van der Waals surface area contributed by atoms with Gasteiger partial charge in [-0.1, -0.05) is 44.2 Å². The first kappa shape index (κ1) is 15.0. The number of benzene rings is 1. The van der Waals surface area contributed by atoms with E-state index < -0.39 is 24.0 Å². The molecule has 1 atom stereocenters. The minimum atomic E-state index is -1.42. The van der Waals surface area contributed by atoms with Crippen LogP contribution in [-0.4, -0.2) is 33.4 Å². The van der Waals surface area contributed by atoms with Gasteiger partial charge in [0.15, 0.2) is 6.04 Å². The van der Waals surface area contributed by atoms with Crippen molar-refractivity contribution in [1.29, 1.82) is 0 Å². The number of amides is 1. The predicted octanol–water partition coefficient (Wildman–Crippen LogP) is 2.21. The molecule has 19 heavy (non-hydrogen) atoms. The van der Waals surface area contributed by atoms with Crippen LogP contribution in [0.5, 0.6) is 0 Å². The molecule has 0 heterocycles. The van der Waals surface area contributed by atoms with Gasteiger partial charge in [0.05, 0.1) is 0 Å². The fraction of sp³-hybridized carbons (Fsp3) is 0.385. The van der Waals surface area contributed by atoms with E-state index in [2.05, 4.69) is 0 Å². The van der Waals surface area contributed by atoms with E-state index in [1.165, 1.54) is 0 Å². The molecule has 104 valence electrons. The van der Waals surface area contributed by atoms with Crippen molar-refractivity contribution in [2.24, 2.45) is 5.92 Å². The molecular weight excluding hydrogens is 250 g/mol. The van der Waals surface area contributed by atoms with Gasteiger partial charge in [-0.3, -0.25) is 4.84 Å². The normalized spacial score (nSPS) is 12.2. The molecular formula is C13H17NO5. The average Bonchev–Trinajstić information content (AvgIpc) is 2.34. The molecule has 0 bridgehead atoms. The molecule has 0 aliphatic rings. The van der Waals surface area contributed by atoms with Crippen LogP contribution in [0.15, 0.2) is 30.3 Å². The summed E-state index contributed by atoms with van der Waals surface area (Å²) < 4.78 is 0. The van der Waals surface area contributed by atoms with Gasteiger partial charge in [-0.15, -0.1) is 0 Å². The molecule has 0 spiro atoms. The number of hydroxylamine groups is 2. The Hall–Kier alpha value is -2.08. The quantitative estimate of drug-likeness (QED) is 0.771. The molecule has 6 heteroatoms. The standard InChI is InChI=1S/C13H17NO5/c1-9(2)11(12(15)16)14(13(17)18)19-8-10-6-4-3-5-7-10/h3-7,9,11H,8H2,1-2H3,(H,15,16)(H,17,18)/t11-/m0/s1. The van der Waals surface area contributed by atoms with Crippen LogP contribution in [0.3, 0.4) is 0 Å². The molecule has 0 fully saturated rings. The van der Waals surface area contributed by atoms with E-state index in [1.807, 2.05) is 6.07 Å².